The molecule has 4 N–H and O–H groups in total. The average molecular weight is 420 g/mol. The van der Waals surface area contributed by atoms with Gasteiger partial charge in [-0.1, -0.05) is 5.16 Å². The van der Waals surface area contributed by atoms with Crippen LogP contribution in [-0.4, -0.2) is 83.9 Å². The summed E-state index contributed by atoms with van der Waals surface area (Å²) in [5.74, 6) is -2.95. The van der Waals surface area contributed by atoms with E-state index in [1.54, 1.807) is 0 Å². The van der Waals surface area contributed by atoms with Crippen molar-refractivity contribution in [1.82, 2.24) is 19.5 Å². The molecular weight excluding hydrogens is 404 g/mol. The number of rotatable bonds is 6. The van der Waals surface area contributed by atoms with Crippen molar-refractivity contribution in [1.29, 1.82) is 0 Å². The molecule has 1 aromatic heterocycles. The number of carbonyl (C=O) groups excluding carboxylic acids is 3. The van der Waals surface area contributed by atoms with Crippen LogP contribution in [0.2, 0.25) is 0 Å². The van der Waals surface area contributed by atoms with E-state index in [1.807, 2.05) is 0 Å². The van der Waals surface area contributed by atoms with Crippen LogP contribution in [0.3, 0.4) is 0 Å². The second kappa shape index (κ2) is 7.45. The van der Waals surface area contributed by atoms with Crippen LogP contribution in [0.25, 0.3) is 0 Å². The monoisotopic (exact) mass is 420 g/mol. The lowest BCUT2D eigenvalue weighted by molar-refractivity contribution is -0.155. The number of nitrogens with two attached hydrogens (primary N) is 1. The van der Waals surface area contributed by atoms with Crippen LogP contribution in [-0.2, 0) is 29.5 Å². The standard InChI is InChI=1S/C12H16N6O7S2/c1-17(2)11(21)8-7(10(20)18(8)27(22,23)24)15-9(19)6(16-25-3)5-4-26-12(13)14-5/h4,7-8H,1-3H3,(H2,13,14)(H,15,19)(H,22,23,24)/b16-6-/t7-,8-/m1/s1. The first-order valence-corrected chi connectivity index (χ1v) is 9.42. The Labute approximate surface area is 157 Å². The minimum Gasteiger partial charge on any atom is -0.398 e. The van der Waals surface area contributed by atoms with E-state index in [1.165, 1.54) is 26.6 Å². The highest BCUT2D eigenvalue weighted by atomic mass is 32.2. The Morgan fingerprint density at radius 2 is 2.11 bits per heavy atom. The van der Waals surface area contributed by atoms with Gasteiger partial charge in [0.25, 0.3) is 11.8 Å². The molecule has 0 spiro atoms. The molecule has 148 valence electrons. The number of nitrogen functional groups attached to an aromatic ring is 1. The lowest BCUT2D eigenvalue weighted by Crippen LogP contribution is -2.75. The van der Waals surface area contributed by atoms with Crippen molar-refractivity contribution in [2.24, 2.45) is 5.16 Å². The van der Waals surface area contributed by atoms with Gasteiger partial charge < -0.3 is 20.8 Å². The maximum atomic E-state index is 12.5. The average Bonchev–Trinajstić information content (AvgIpc) is 2.98. The van der Waals surface area contributed by atoms with Crippen LogP contribution < -0.4 is 11.1 Å². The number of hydrogen-bond acceptors (Lipinski definition) is 10. The summed E-state index contributed by atoms with van der Waals surface area (Å²) in [6.45, 7) is 0. The fraction of sp³-hybridized carbons (Fsp3) is 0.417. The van der Waals surface area contributed by atoms with Gasteiger partial charge in [0.05, 0.1) is 0 Å². The Morgan fingerprint density at radius 1 is 1.48 bits per heavy atom. The summed E-state index contributed by atoms with van der Waals surface area (Å²) in [4.78, 5) is 46.3. The van der Waals surface area contributed by atoms with Gasteiger partial charge in [-0.15, -0.1) is 11.3 Å². The molecule has 2 atom stereocenters. The highest BCUT2D eigenvalue weighted by Crippen LogP contribution is 2.25. The fourth-order valence-corrected chi connectivity index (χ4v) is 3.66. The largest absolute Gasteiger partial charge is 0.398 e. The van der Waals surface area contributed by atoms with Crippen LogP contribution in [0.5, 0.6) is 0 Å². The Balaban J connectivity index is 2.30. The number of anilines is 1. The van der Waals surface area contributed by atoms with Gasteiger partial charge in [-0.25, -0.2) is 4.98 Å². The zero-order valence-electron chi connectivity index (χ0n) is 14.3. The fourth-order valence-electron chi connectivity index (χ4n) is 2.27. The van der Waals surface area contributed by atoms with E-state index in [2.05, 4.69) is 20.3 Å². The third-order valence-corrected chi connectivity index (χ3v) is 5.02. The zero-order chi connectivity index (χ0) is 20.5. The molecule has 27 heavy (non-hydrogen) atoms. The first kappa shape index (κ1) is 20.5. The van der Waals surface area contributed by atoms with E-state index in [0.29, 0.717) is 0 Å². The van der Waals surface area contributed by atoms with Gasteiger partial charge in [-0.2, -0.15) is 12.7 Å². The second-order valence-electron chi connectivity index (χ2n) is 5.43. The molecule has 0 aliphatic carbocycles. The van der Waals surface area contributed by atoms with E-state index in [-0.39, 0.29) is 20.8 Å². The predicted octanol–water partition coefficient (Wildman–Crippen LogP) is -2.34. The van der Waals surface area contributed by atoms with Crippen LogP contribution in [0.1, 0.15) is 5.69 Å². The molecule has 0 unspecified atom stereocenters. The van der Waals surface area contributed by atoms with Gasteiger partial charge in [-0.3, -0.25) is 18.9 Å². The summed E-state index contributed by atoms with van der Waals surface area (Å²) >= 11 is 1.03. The molecule has 0 saturated carbocycles. The van der Waals surface area contributed by atoms with Crippen molar-refractivity contribution in [3.63, 3.8) is 0 Å². The number of β-lactam (4-membered cyclic amide) rings is 1. The number of oxime groups is 1. The van der Waals surface area contributed by atoms with E-state index < -0.39 is 40.1 Å². The summed E-state index contributed by atoms with van der Waals surface area (Å²) in [5.41, 5.74) is 5.24. The molecule has 1 aromatic rings. The molecule has 2 heterocycles. The number of amides is 3. The summed E-state index contributed by atoms with van der Waals surface area (Å²) < 4.78 is 31.9. The van der Waals surface area contributed by atoms with Crippen LogP contribution >= 0.6 is 11.3 Å². The normalized spacial score (nSPS) is 20.1. The van der Waals surface area contributed by atoms with E-state index >= 15 is 0 Å². The molecule has 0 bridgehead atoms. The van der Waals surface area contributed by atoms with Crippen molar-refractivity contribution >= 4 is 50.2 Å². The van der Waals surface area contributed by atoms with Gasteiger partial charge in [-0.05, 0) is 0 Å². The molecule has 0 aromatic carbocycles. The molecule has 0 radical (unpaired) electrons. The number of carbonyl (C=O) groups is 3. The van der Waals surface area contributed by atoms with E-state index in [0.717, 1.165) is 16.2 Å². The number of aromatic nitrogens is 1. The van der Waals surface area contributed by atoms with Crippen molar-refractivity contribution in [3.8, 4) is 0 Å². The van der Waals surface area contributed by atoms with Gasteiger partial charge >= 0.3 is 10.3 Å². The second-order valence-corrected chi connectivity index (χ2v) is 7.61. The summed E-state index contributed by atoms with van der Waals surface area (Å²) in [6.07, 6.45) is 0. The Kier molecular flexibility index (Phi) is 5.67. The third-order valence-electron chi connectivity index (χ3n) is 3.44. The SMILES string of the molecule is CO/N=C(\C(=O)N[C@H]1C(=O)N(S(=O)(=O)O)[C@H]1C(=O)N(C)C)c1csc(N)n1. The maximum Gasteiger partial charge on any atom is 0.363 e. The maximum absolute atomic E-state index is 12.5. The molecule has 1 aliphatic rings. The topological polar surface area (TPSA) is 185 Å². The first-order chi connectivity index (χ1) is 12.5. The highest BCUT2D eigenvalue weighted by molar-refractivity contribution is 7.84. The molecule has 1 saturated heterocycles. The van der Waals surface area contributed by atoms with Gasteiger partial charge in [0.2, 0.25) is 5.91 Å². The molecule has 1 aliphatic heterocycles. The quantitative estimate of drug-likeness (QED) is 0.196. The Bertz CT molecular complexity index is 909. The Hall–Kier alpha value is -2.78. The van der Waals surface area contributed by atoms with Crippen molar-refractivity contribution in [3.05, 3.63) is 11.1 Å². The minimum atomic E-state index is -4.99. The Morgan fingerprint density at radius 3 is 2.56 bits per heavy atom. The lowest BCUT2D eigenvalue weighted by Gasteiger charge is -2.43. The molecule has 1 fully saturated rings. The third kappa shape index (κ3) is 3.99. The molecule has 15 heteroatoms. The number of hydrogen-bond donors (Lipinski definition) is 3. The van der Waals surface area contributed by atoms with Crippen LogP contribution in [0.15, 0.2) is 10.5 Å². The van der Waals surface area contributed by atoms with Crippen molar-refractivity contribution < 1.29 is 32.2 Å². The van der Waals surface area contributed by atoms with Crippen LogP contribution in [0.4, 0.5) is 5.13 Å². The lowest BCUT2D eigenvalue weighted by atomic mass is 9.97. The summed E-state index contributed by atoms with van der Waals surface area (Å²) in [7, 11) is -1.17. The number of nitrogens with zero attached hydrogens (tertiary/aromatic N) is 4. The summed E-state index contributed by atoms with van der Waals surface area (Å²) in [5, 5.41) is 7.30. The van der Waals surface area contributed by atoms with Crippen LogP contribution in [0, 0.1) is 0 Å². The van der Waals surface area contributed by atoms with Gasteiger partial charge in [0.15, 0.2) is 16.9 Å². The van der Waals surface area contributed by atoms with Gasteiger partial charge in [0, 0.05) is 19.5 Å². The number of thiazole rings is 1. The smallest absolute Gasteiger partial charge is 0.363 e. The molecular formula is C12H16N6O7S2. The van der Waals surface area contributed by atoms with Gasteiger partial charge in [0.1, 0.15) is 18.8 Å². The predicted molar refractivity (Wildman–Crippen MR) is 92.9 cm³/mol. The van der Waals surface area contributed by atoms with E-state index in [4.69, 9.17) is 10.3 Å². The molecule has 3 amide bonds. The van der Waals surface area contributed by atoms with E-state index in [9.17, 15) is 22.8 Å². The van der Waals surface area contributed by atoms with Crippen molar-refractivity contribution in [2.75, 3.05) is 26.9 Å². The minimum absolute atomic E-state index is 0.00571. The molecule has 2 rings (SSSR count). The number of nitrogens with one attached hydrogen (secondary N) is 1. The van der Waals surface area contributed by atoms with Crippen molar-refractivity contribution in [2.45, 2.75) is 12.1 Å². The zero-order valence-corrected chi connectivity index (χ0v) is 15.9. The number of likely N-dealkylation sites (N-methyl/N-ethyl adjacent to an activating group) is 1. The molecule has 13 nitrogen and oxygen atoms in total. The summed E-state index contributed by atoms with van der Waals surface area (Å²) in [6, 6.07) is -3.18. The highest BCUT2D eigenvalue weighted by Gasteiger charge is 2.58. The first-order valence-electron chi connectivity index (χ1n) is 7.14.